The van der Waals surface area contributed by atoms with Crippen LogP contribution in [0.2, 0.25) is 0 Å². The molecule has 1 aromatic carbocycles. The third-order valence-corrected chi connectivity index (χ3v) is 9.47. The average molecular weight is 567 g/mol. The molecule has 1 aromatic heterocycles. The second-order valence-corrected chi connectivity index (χ2v) is 12.6. The molecule has 2 heterocycles. The Kier molecular flexibility index (Phi) is 8.15. The molecule has 1 saturated carbocycles. The Hall–Kier alpha value is -2.57. The molecule has 38 heavy (non-hydrogen) atoms. The number of alkyl halides is 2. The Labute approximate surface area is 228 Å². The zero-order valence-electron chi connectivity index (χ0n) is 21.7. The smallest absolute Gasteiger partial charge is 0.258 e. The van der Waals surface area contributed by atoms with E-state index in [0.29, 0.717) is 0 Å². The lowest BCUT2D eigenvalue weighted by Gasteiger charge is -2.36. The fraction of sp³-hybridized carbons (Fsp3) is 0.538. The van der Waals surface area contributed by atoms with Gasteiger partial charge in [-0.3, -0.25) is 14.4 Å². The van der Waals surface area contributed by atoms with E-state index in [1.165, 1.54) is 23.1 Å². The van der Waals surface area contributed by atoms with E-state index in [-0.39, 0.29) is 19.4 Å². The summed E-state index contributed by atoms with van der Waals surface area (Å²) in [5.74, 6) is -2.40. The summed E-state index contributed by atoms with van der Waals surface area (Å²) in [4.78, 5) is 45.4. The van der Waals surface area contributed by atoms with Crippen molar-refractivity contribution < 1.29 is 28.3 Å². The first-order valence-corrected chi connectivity index (χ1v) is 14.4. The molecule has 8 nitrogen and oxygen atoms in total. The maximum Gasteiger partial charge on any atom is 0.258 e. The average Bonchev–Trinajstić information content (AvgIpc) is 3.39. The van der Waals surface area contributed by atoms with Crippen LogP contribution in [0.4, 0.5) is 8.78 Å². The number of β-amino-alcohol motifs (C(OH)–C–C–N with tert-alkyl or cyclic N) is 1. The molecule has 2 aromatic rings. The van der Waals surface area contributed by atoms with Crippen molar-refractivity contribution in [2.45, 2.75) is 74.9 Å². The van der Waals surface area contributed by atoms with Crippen LogP contribution in [0.1, 0.15) is 37.9 Å². The van der Waals surface area contributed by atoms with Crippen molar-refractivity contribution in [1.82, 2.24) is 20.5 Å². The zero-order valence-corrected chi connectivity index (χ0v) is 23.3. The summed E-state index contributed by atoms with van der Waals surface area (Å²) in [6.07, 6.45) is -1.70. The molecule has 2 aliphatic rings. The van der Waals surface area contributed by atoms with Crippen LogP contribution in [0.3, 0.4) is 0 Å². The predicted molar refractivity (Wildman–Crippen MR) is 143 cm³/mol. The number of benzene rings is 1. The number of carbonyl (C=O) groups is 3. The van der Waals surface area contributed by atoms with Gasteiger partial charge in [0.05, 0.1) is 22.6 Å². The molecule has 4 atom stereocenters. The monoisotopic (exact) mass is 566 g/mol. The van der Waals surface area contributed by atoms with E-state index in [0.717, 1.165) is 26.6 Å². The van der Waals surface area contributed by atoms with E-state index in [1.807, 2.05) is 31.2 Å². The second kappa shape index (κ2) is 10.9. The number of likely N-dealkylation sites (tertiary alicyclic amines) is 1. The molecular weight excluding hydrogens is 534 g/mol. The van der Waals surface area contributed by atoms with Gasteiger partial charge in [0.25, 0.3) is 5.91 Å². The number of thiazole rings is 1. The Morgan fingerprint density at radius 3 is 2.50 bits per heavy atom. The molecule has 3 N–H and O–H groups in total. The SMILES string of the molecule is CSC(C)(C)[C@H](NC(=O)C1(F)CC1)C(=O)N1C[C@H](O)[C@H](F)[C@H]1C(=O)NCc1ccc(-c2scnc2C)cc1. The number of hydrogen-bond acceptors (Lipinski definition) is 7. The van der Waals surface area contributed by atoms with Gasteiger partial charge in [-0.2, -0.15) is 11.8 Å². The third kappa shape index (κ3) is 5.72. The second-order valence-electron chi connectivity index (χ2n) is 10.3. The fourth-order valence-corrected chi connectivity index (χ4v) is 5.58. The zero-order chi connectivity index (χ0) is 27.8. The Balaban J connectivity index is 1.47. The number of carbonyl (C=O) groups excluding carboxylic acids is 3. The van der Waals surface area contributed by atoms with Crippen LogP contribution in [-0.4, -0.2) is 80.3 Å². The van der Waals surface area contributed by atoms with Crippen molar-refractivity contribution in [3.05, 3.63) is 41.0 Å². The first-order valence-electron chi connectivity index (χ1n) is 12.3. The van der Waals surface area contributed by atoms with Crippen LogP contribution in [0, 0.1) is 6.92 Å². The van der Waals surface area contributed by atoms with E-state index in [1.54, 1.807) is 25.6 Å². The largest absolute Gasteiger partial charge is 0.388 e. The summed E-state index contributed by atoms with van der Waals surface area (Å²) in [5, 5.41) is 15.4. The Bertz CT molecular complexity index is 1200. The van der Waals surface area contributed by atoms with Gasteiger partial charge >= 0.3 is 0 Å². The van der Waals surface area contributed by atoms with E-state index in [9.17, 15) is 23.9 Å². The number of amides is 3. The minimum atomic E-state index is -2.01. The first kappa shape index (κ1) is 28.4. The van der Waals surface area contributed by atoms with Crippen molar-refractivity contribution in [2.75, 3.05) is 12.8 Å². The number of rotatable bonds is 9. The third-order valence-electron chi connectivity index (χ3n) is 7.21. The molecule has 0 unspecified atom stereocenters. The van der Waals surface area contributed by atoms with Crippen molar-refractivity contribution in [3.8, 4) is 10.4 Å². The summed E-state index contributed by atoms with van der Waals surface area (Å²) in [5.41, 5.74) is 2.44. The van der Waals surface area contributed by atoms with E-state index < -0.39 is 59.0 Å². The van der Waals surface area contributed by atoms with Gasteiger partial charge in [0, 0.05) is 11.3 Å². The van der Waals surface area contributed by atoms with Gasteiger partial charge in [-0.1, -0.05) is 24.3 Å². The number of aliphatic hydroxyl groups excluding tert-OH is 1. The number of halogens is 2. The van der Waals surface area contributed by atoms with Gasteiger partial charge in [-0.25, -0.2) is 13.8 Å². The number of aromatic nitrogens is 1. The quantitative estimate of drug-likeness (QED) is 0.431. The molecule has 0 spiro atoms. The first-order chi connectivity index (χ1) is 17.9. The van der Waals surface area contributed by atoms with Crippen LogP contribution in [0.15, 0.2) is 29.8 Å². The number of aryl methyl sites for hydroxylation is 1. The van der Waals surface area contributed by atoms with Crippen LogP contribution in [0.5, 0.6) is 0 Å². The van der Waals surface area contributed by atoms with Crippen molar-refractivity contribution >= 4 is 40.8 Å². The lowest BCUT2D eigenvalue weighted by molar-refractivity contribution is -0.143. The molecule has 1 aliphatic heterocycles. The summed E-state index contributed by atoms with van der Waals surface area (Å²) < 4.78 is 28.6. The van der Waals surface area contributed by atoms with Crippen LogP contribution in [0.25, 0.3) is 10.4 Å². The van der Waals surface area contributed by atoms with E-state index in [4.69, 9.17) is 0 Å². The highest BCUT2D eigenvalue weighted by atomic mass is 32.2. The van der Waals surface area contributed by atoms with Crippen LogP contribution >= 0.6 is 23.1 Å². The highest BCUT2D eigenvalue weighted by Gasteiger charge is 2.55. The molecule has 1 saturated heterocycles. The van der Waals surface area contributed by atoms with Gasteiger partial charge in [0.1, 0.15) is 18.2 Å². The van der Waals surface area contributed by atoms with Crippen LogP contribution in [-0.2, 0) is 20.9 Å². The number of nitrogens with one attached hydrogen (secondary N) is 2. The standard InChI is InChI=1S/C26H32F2N4O4S2/c1-14-20(38-13-30-14)16-7-5-15(6-8-16)11-29-22(34)19-18(27)17(33)12-32(19)23(35)21(25(2,3)37-4)31-24(36)26(28)9-10-26/h5-8,13,17-19,21,33H,9-12H2,1-4H3,(H,29,34)(H,31,36)/t17-,18-,19-,21+/m0/s1. The van der Waals surface area contributed by atoms with Crippen molar-refractivity contribution in [1.29, 1.82) is 0 Å². The van der Waals surface area contributed by atoms with Gasteiger partial charge in [-0.05, 0) is 51.0 Å². The molecule has 1 aliphatic carbocycles. The van der Waals surface area contributed by atoms with E-state index >= 15 is 4.39 Å². The number of aliphatic hydroxyl groups is 1. The number of thioether (sulfide) groups is 1. The van der Waals surface area contributed by atoms with Gasteiger partial charge in [0.15, 0.2) is 11.8 Å². The lowest BCUT2D eigenvalue weighted by Crippen LogP contribution is -2.61. The Morgan fingerprint density at radius 2 is 1.95 bits per heavy atom. The summed E-state index contributed by atoms with van der Waals surface area (Å²) in [6.45, 7) is 4.99. The predicted octanol–water partition coefficient (Wildman–Crippen LogP) is 2.77. The molecule has 2 fully saturated rings. The van der Waals surface area contributed by atoms with Gasteiger partial charge in [0.2, 0.25) is 11.8 Å². The number of nitrogens with zero attached hydrogens (tertiary/aromatic N) is 2. The molecule has 206 valence electrons. The topological polar surface area (TPSA) is 112 Å². The van der Waals surface area contributed by atoms with Crippen molar-refractivity contribution in [3.63, 3.8) is 0 Å². The molecule has 12 heteroatoms. The lowest BCUT2D eigenvalue weighted by atomic mass is 10.00. The maximum absolute atomic E-state index is 15.1. The minimum absolute atomic E-state index is 0.0737. The fourth-order valence-electron chi connectivity index (χ4n) is 4.37. The molecule has 4 rings (SSSR count). The Morgan fingerprint density at radius 1 is 1.29 bits per heavy atom. The molecule has 0 bridgehead atoms. The van der Waals surface area contributed by atoms with Crippen LogP contribution < -0.4 is 10.6 Å². The molecule has 0 radical (unpaired) electrons. The normalized spacial score (nSPS) is 23.1. The summed E-state index contributed by atoms with van der Waals surface area (Å²) >= 11 is 2.80. The number of hydrogen-bond donors (Lipinski definition) is 3. The maximum atomic E-state index is 15.1. The van der Waals surface area contributed by atoms with Gasteiger partial charge < -0.3 is 20.6 Å². The summed E-state index contributed by atoms with van der Waals surface area (Å²) in [6, 6.07) is 4.67. The highest BCUT2D eigenvalue weighted by Crippen LogP contribution is 2.41. The minimum Gasteiger partial charge on any atom is -0.388 e. The van der Waals surface area contributed by atoms with Gasteiger partial charge in [-0.15, -0.1) is 11.3 Å². The van der Waals surface area contributed by atoms with Crippen molar-refractivity contribution in [2.24, 2.45) is 0 Å². The summed E-state index contributed by atoms with van der Waals surface area (Å²) in [7, 11) is 0. The van der Waals surface area contributed by atoms with E-state index in [2.05, 4.69) is 15.6 Å². The molecule has 3 amide bonds. The highest BCUT2D eigenvalue weighted by molar-refractivity contribution is 8.00. The molecular formula is C26H32F2N4O4S2.